The van der Waals surface area contributed by atoms with E-state index in [0.717, 1.165) is 4.90 Å². The Balaban J connectivity index is 3.02. The van der Waals surface area contributed by atoms with Crippen LogP contribution in [-0.2, 0) is 28.8 Å². The van der Waals surface area contributed by atoms with Gasteiger partial charge in [-0.05, 0) is 26.2 Å². The number of amides is 4. The zero-order valence-electron chi connectivity index (χ0n) is 16.5. The molecule has 30 heavy (non-hydrogen) atoms. The van der Waals surface area contributed by atoms with Crippen molar-refractivity contribution in [3.8, 4) is 0 Å². The van der Waals surface area contributed by atoms with Crippen molar-refractivity contribution in [3.63, 3.8) is 0 Å². The van der Waals surface area contributed by atoms with Crippen molar-refractivity contribution in [2.75, 3.05) is 6.54 Å². The van der Waals surface area contributed by atoms with Gasteiger partial charge in [0, 0.05) is 13.0 Å². The molecular formula is C17H27N5O8. The van der Waals surface area contributed by atoms with Gasteiger partial charge in [-0.2, -0.15) is 0 Å². The summed E-state index contributed by atoms with van der Waals surface area (Å²) in [6.07, 6.45) is -0.584. The predicted octanol–water partition coefficient (Wildman–Crippen LogP) is -2.88. The SMILES string of the molecule is CC(N)C(=O)NC(CC(=O)O)C(=O)NC(CCC(N)=O)C(=O)N1CCCC1C(=O)O. The molecule has 168 valence electrons. The van der Waals surface area contributed by atoms with Crippen molar-refractivity contribution >= 4 is 35.6 Å². The van der Waals surface area contributed by atoms with Gasteiger partial charge in [0.2, 0.25) is 23.6 Å². The van der Waals surface area contributed by atoms with E-state index in [0.29, 0.717) is 6.42 Å². The summed E-state index contributed by atoms with van der Waals surface area (Å²) in [6.45, 7) is 1.49. The van der Waals surface area contributed by atoms with E-state index in [-0.39, 0.29) is 25.8 Å². The lowest BCUT2D eigenvalue weighted by Crippen LogP contribution is -2.57. The molecular weight excluding hydrogens is 402 g/mol. The van der Waals surface area contributed by atoms with Gasteiger partial charge < -0.3 is 37.2 Å². The van der Waals surface area contributed by atoms with Crippen molar-refractivity contribution in [3.05, 3.63) is 0 Å². The van der Waals surface area contributed by atoms with Crippen molar-refractivity contribution in [2.24, 2.45) is 11.5 Å². The number of carbonyl (C=O) groups excluding carboxylic acids is 4. The molecule has 1 aliphatic rings. The Morgan fingerprint density at radius 2 is 1.67 bits per heavy atom. The minimum absolute atomic E-state index is 0.152. The maximum atomic E-state index is 12.9. The molecule has 13 nitrogen and oxygen atoms in total. The van der Waals surface area contributed by atoms with Gasteiger partial charge >= 0.3 is 11.9 Å². The zero-order valence-corrected chi connectivity index (χ0v) is 16.5. The number of carboxylic acids is 2. The van der Waals surface area contributed by atoms with Gasteiger partial charge in [-0.25, -0.2) is 4.79 Å². The third-order valence-corrected chi connectivity index (χ3v) is 4.54. The van der Waals surface area contributed by atoms with Gasteiger partial charge in [-0.15, -0.1) is 0 Å². The molecule has 0 saturated carbocycles. The Kier molecular flexibility index (Phi) is 9.17. The lowest BCUT2D eigenvalue weighted by molar-refractivity contribution is -0.150. The van der Waals surface area contributed by atoms with Gasteiger partial charge in [0.05, 0.1) is 12.5 Å². The molecule has 0 aromatic heterocycles. The predicted molar refractivity (Wildman–Crippen MR) is 101 cm³/mol. The molecule has 4 atom stereocenters. The number of nitrogens with zero attached hydrogens (tertiary/aromatic N) is 1. The summed E-state index contributed by atoms with van der Waals surface area (Å²) >= 11 is 0. The van der Waals surface area contributed by atoms with Gasteiger partial charge in [-0.1, -0.05) is 0 Å². The van der Waals surface area contributed by atoms with Crippen molar-refractivity contribution < 1.29 is 39.0 Å². The van der Waals surface area contributed by atoms with E-state index in [1.807, 2.05) is 0 Å². The van der Waals surface area contributed by atoms with E-state index in [1.54, 1.807) is 0 Å². The maximum Gasteiger partial charge on any atom is 0.326 e. The number of likely N-dealkylation sites (tertiary alicyclic amines) is 1. The highest BCUT2D eigenvalue weighted by atomic mass is 16.4. The van der Waals surface area contributed by atoms with Crippen LogP contribution in [0.25, 0.3) is 0 Å². The highest BCUT2D eigenvalue weighted by molar-refractivity contribution is 5.95. The molecule has 1 aliphatic heterocycles. The van der Waals surface area contributed by atoms with Crippen molar-refractivity contribution in [1.29, 1.82) is 0 Å². The molecule has 0 radical (unpaired) electrons. The average Bonchev–Trinajstić information content (AvgIpc) is 3.13. The quantitative estimate of drug-likeness (QED) is 0.198. The molecule has 0 aliphatic carbocycles. The number of nitrogens with one attached hydrogen (secondary N) is 2. The van der Waals surface area contributed by atoms with E-state index in [9.17, 15) is 33.9 Å². The molecule has 0 bridgehead atoms. The number of hydrogen-bond acceptors (Lipinski definition) is 7. The smallest absolute Gasteiger partial charge is 0.326 e. The summed E-state index contributed by atoms with van der Waals surface area (Å²) in [6, 6.07) is -4.94. The first kappa shape index (κ1) is 24.8. The van der Waals surface area contributed by atoms with Crippen molar-refractivity contribution in [2.45, 2.75) is 63.2 Å². The van der Waals surface area contributed by atoms with E-state index in [4.69, 9.17) is 16.6 Å². The number of rotatable bonds is 11. The summed E-state index contributed by atoms with van der Waals surface area (Å²) in [4.78, 5) is 71.9. The third-order valence-electron chi connectivity index (χ3n) is 4.54. The van der Waals surface area contributed by atoms with Crippen LogP contribution < -0.4 is 22.1 Å². The van der Waals surface area contributed by atoms with Crippen LogP contribution in [0.1, 0.15) is 39.0 Å². The van der Waals surface area contributed by atoms with Crippen LogP contribution in [-0.4, -0.2) is 81.4 Å². The lowest BCUT2D eigenvalue weighted by Gasteiger charge is -2.28. The first-order valence-electron chi connectivity index (χ1n) is 9.33. The molecule has 0 aromatic carbocycles. The van der Waals surface area contributed by atoms with Crippen LogP contribution >= 0.6 is 0 Å². The Bertz CT molecular complexity index is 710. The van der Waals surface area contributed by atoms with Gasteiger partial charge in [0.15, 0.2) is 0 Å². The van der Waals surface area contributed by atoms with E-state index < -0.39 is 66.2 Å². The summed E-state index contributed by atoms with van der Waals surface area (Å²) < 4.78 is 0. The molecule has 0 spiro atoms. The fourth-order valence-corrected chi connectivity index (χ4v) is 2.99. The molecule has 1 heterocycles. The van der Waals surface area contributed by atoms with Gasteiger partial charge in [0.1, 0.15) is 18.1 Å². The molecule has 1 fully saturated rings. The van der Waals surface area contributed by atoms with Crippen LogP contribution in [0.4, 0.5) is 0 Å². The third kappa shape index (κ3) is 7.31. The number of carboxylic acid groups (broad SMARTS) is 2. The summed E-state index contributed by atoms with van der Waals surface area (Å²) in [7, 11) is 0. The first-order chi connectivity index (χ1) is 13.9. The standard InChI is InChI=1S/C17H27N5O8/c1-8(18)14(26)21-10(7-13(24)25)15(27)20-9(4-5-12(19)23)16(28)22-6-2-3-11(22)17(29)30/h8-11H,2-7,18H2,1H3,(H2,19,23)(H,20,27)(H,21,26)(H,24,25)(H,29,30). The molecule has 1 rings (SSSR count). The van der Waals surface area contributed by atoms with E-state index in [1.165, 1.54) is 6.92 Å². The molecule has 1 saturated heterocycles. The number of hydrogen-bond donors (Lipinski definition) is 6. The monoisotopic (exact) mass is 429 g/mol. The molecule has 8 N–H and O–H groups in total. The van der Waals surface area contributed by atoms with E-state index in [2.05, 4.69) is 10.6 Å². The Hall–Kier alpha value is -3.22. The fourth-order valence-electron chi connectivity index (χ4n) is 2.99. The average molecular weight is 429 g/mol. The normalized spacial score (nSPS) is 18.7. The highest BCUT2D eigenvalue weighted by Crippen LogP contribution is 2.19. The maximum absolute atomic E-state index is 12.9. The van der Waals surface area contributed by atoms with Gasteiger partial charge in [0.25, 0.3) is 0 Å². The number of carbonyl (C=O) groups is 6. The minimum atomic E-state index is -1.53. The second-order valence-corrected chi connectivity index (χ2v) is 7.04. The van der Waals surface area contributed by atoms with Crippen LogP contribution in [0.3, 0.4) is 0 Å². The molecule has 4 unspecified atom stereocenters. The number of nitrogens with two attached hydrogens (primary N) is 2. The largest absolute Gasteiger partial charge is 0.481 e. The van der Waals surface area contributed by atoms with Crippen LogP contribution in [0, 0.1) is 0 Å². The molecule has 13 heteroatoms. The van der Waals surface area contributed by atoms with Crippen LogP contribution in [0.15, 0.2) is 0 Å². The Labute approximate surface area is 172 Å². The van der Waals surface area contributed by atoms with Crippen LogP contribution in [0.5, 0.6) is 0 Å². The summed E-state index contributed by atoms with van der Waals surface area (Å²) in [5.41, 5.74) is 10.5. The van der Waals surface area contributed by atoms with Gasteiger partial charge in [-0.3, -0.25) is 24.0 Å². The Morgan fingerprint density at radius 1 is 1.07 bits per heavy atom. The minimum Gasteiger partial charge on any atom is -0.481 e. The summed E-state index contributed by atoms with van der Waals surface area (Å²) in [5.74, 6) is -5.82. The second kappa shape index (κ2) is 11.1. The Morgan fingerprint density at radius 3 is 2.17 bits per heavy atom. The van der Waals surface area contributed by atoms with E-state index >= 15 is 0 Å². The highest BCUT2D eigenvalue weighted by Gasteiger charge is 2.38. The molecule has 4 amide bonds. The summed E-state index contributed by atoms with van der Waals surface area (Å²) in [5, 5.41) is 22.8. The number of primary amides is 1. The zero-order chi connectivity index (χ0) is 23.0. The topological polar surface area (TPSA) is 222 Å². The fraction of sp³-hybridized carbons (Fsp3) is 0.647. The lowest BCUT2D eigenvalue weighted by atomic mass is 10.1. The van der Waals surface area contributed by atoms with Crippen molar-refractivity contribution in [1.82, 2.24) is 15.5 Å². The first-order valence-corrected chi connectivity index (χ1v) is 9.33. The number of aliphatic carboxylic acids is 2. The second-order valence-electron chi connectivity index (χ2n) is 7.04. The van der Waals surface area contributed by atoms with Crippen LogP contribution in [0.2, 0.25) is 0 Å². The molecule has 0 aromatic rings.